The van der Waals surface area contributed by atoms with Crippen LogP contribution in [-0.2, 0) is 11.3 Å². The van der Waals surface area contributed by atoms with E-state index in [2.05, 4.69) is 15.4 Å². The molecule has 2 rings (SSSR count). The van der Waals surface area contributed by atoms with E-state index in [0.717, 1.165) is 17.7 Å². The van der Waals surface area contributed by atoms with Crippen molar-refractivity contribution < 1.29 is 27.5 Å². The molecular weight excluding hydrogens is 461 g/mol. The standard InChI is InChI=1S/C25H33F3N4O3/c1-24(2,3)21(22(33)32(16-15-31(4)5)17-18-9-7-6-8-10-18)30-23(34)29-19-11-13-20(14-12-19)35-25(26,27)28/h6-14,21H,15-17H2,1-5H3,(H2,29,30,34). The average Bonchev–Trinajstić information content (AvgIpc) is 2.74. The lowest BCUT2D eigenvalue weighted by Crippen LogP contribution is -2.56. The number of alkyl halides is 3. The summed E-state index contributed by atoms with van der Waals surface area (Å²) < 4.78 is 40.9. The van der Waals surface area contributed by atoms with Crippen LogP contribution in [0.2, 0.25) is 0 Å². The molecule has 3 amide bonds. The molecule has 0 aliphatic carbocycles. The van der Waals surface area contributed by atoms with E-state index in [1.807, 2.05) is 70.1 Å². The largest absolute Gasteiger partial charge is 0.573 e. The summed E-state index contributed by atoms with van der Waals surface area (Å²) in [6.45, 7) is 7.07. The summed E-state index contributed by atoms with van der Waals surface area (Å²) in [5.74, 6) is -0.629. The quantitative estimate of drug-likeness (QED) is 0.530. The van der Waals surface area contributed by atoms with Crippen LogP contribution in [0.5, 0.6) is 5.75 Å². The van der Waals surface area contributed by atoms with Gasteiger partial charge >= 0.3 is 12.4 Å². The Morgan fingerprint density at radius 1 is 0.943 bits per heavy atom. The number of rotatable bonds is 9. The van der Waals surface area contributed by atoms with Crippen molar-refractivity contribution in [3.63, 3.8) is 0 Å². The van der Waals surface area contributed by atoms with Crippen LogP contribution in [0.25, 0.3) is 0 Å². The molecule has 0 radical (unpaired) electrons. The fourth-order valence-corrected chi connectivity index (χ4v) is 3.26. The Morgan fingerprint density at radius 3 is 2.06 bits per heavy atom. The third-order valence-electron chi connectivity index (χ3n) is 5.08. The number of benzene rings is 2. The van der Waals surface area contributed by atoms with Crippen LogP contribution in [0, 0.1) is 5.41 Å². The molecule has 1 unspecified atom stereocenters. The van der Waals surface area contributed by atoms with Gasteiger partial charge in [0.1, 0.15) is 11.8 Å². The van der Waals surface area contributed by atoms with E-state index in [-0.39, 0.29) is 11.6 Å². The van der Waals surface area contributed by atoms with Crippen LogP contribution in [0.15, 0.2) is 54.6 Å². The topological polar surface area (TPSA) is 73.9 Å². The van der Waals surface area contributed by atoms with Crippen molar-refractivity contribution >= 4 is 17.6 Å². The number of urea groups is 1. The van der Waals surface area contributed by atoms with Crippen molar-refractivity contribution in [3.8, 4) is 5.75 Å². The fourth-order valence-electron chi connectivity index (χ4n) is 3.26. The maximum atomic E-state index is 13.6. The van der Waals surface area contributed by atoms with Gasteiger partial charge in [-0.25, -0.2) is 4.79 Å². The first-order valence-corrected chi connectivity index (χ1v) is 11.2. The monoisotopic (exact) mass is 494 g/mol. The van der Waals surface area contributed by atoms with E-state index in [4.69, 9.17) is 0 Å². The lowest BCUT2D eigenvalue weighted by Gasteiger charge is -2.35. The second-order valence-electron chi connectivity index (χ2n) is 9.52. The molecule has 192 valence electrons. The number of likely N-dealkylation sites (N-methyl/N-ethyl adjacent to an activating group) is 1. The van der Waals surface area contributed by atoms with E-state index in [9.17, 15) is 22.8 Å². The molecule has 0 bridgehead atoms. The molecule has 0 saturated carbocycles. The molecule has 2 aromatic rings. The van der Waals surface area contributed by atoms with E-state index < -0.39 is 29.6 Å². The van der Waals surface area contributed by atoms with Gasteiger partial charge in [0.2, 0.25) is 5.91 Å². The normalized spacial score (nSPS) is 12.7. The molecule has 0 aromatic heterocycles. The number of nitrogens with zero attached hydrogens (tertiary/aromatic N) is 2. The third-order valence-corrected chi connectivity index (χ3v) is 5.08. The van der Waals surface area contributed by atoms with Gasteiger partial charge in [-0.2, -0.15) is 0 Å². The van der Waals surface area contributed by atoms with Gasteiger partial charge in [0.05, 0.1) is 0 Å². The predicted octanol–water partition coefficient (Wildman–Crippen LogP) is 4.71. The second kappa shape index (κ2) is 11.9. The summed E-state index contributed by atoms with van der Waals surface area (Å²) in [4.78, 5) is 30.0. The summed E-state index contributed by atoms with van der Waals surface area (Å²) in [7, 11) is 3.84. The Kier molecular flexibility index (Phi) is 9.53. The number of hydrogen-bond donors (Lipinski definition) is 2. The first-order chi connectivity index (χ1) is 16.2. The molecule has 2 N–H and O–H groups in total. The lowest BCUT2D eigenvalue weighted by atomic mass is 9.85. The van der Waals surface area contributed by atoms with Gasteiger partial charge in [0.25, 0.3) is 0 Å². The van der Waals surface area contributed by atoms with Crippen molar-refractivity contribution in [2.75, 3.05) is 32.5 Å². The maximum Gasteiger partial charge on any atom is 0.573 e. The number of amides is 3. The lowest BCUT2D eigenvalue weighted by molar-refractivity contribution is -0.274. The molecule has 7 nitrogen and oxygen atoms in total. The van der Waals surface area contributed by atoms with Gasteiger partial charge in [-0.1, -0.05) is 51.1 Å². The molecule has 0 fully saturated rings. The number of nitrogens with one attached hydrogen (secondary N) is 2. The van der Waals surface area contributed by atoms with Gasteiger partial charge in [-0.15, -0.1) is 13.2 Å². The van der Waals surface area contributed by atoms with Gasteiger partial charge in [0.15, 0.2) is 0 Å². The second-order valence-corrected chi connectivity index (χ2v) is 9.52. The van der Waals surface area contributed by atoms with E-state index in [1.54, 1.807) is 4.90 Å². The highest BCUT2D eigenvalue weighted by molar-refractivity contribution is 5.94. The molecule has 0 aliphatic rings. The first kappa shape index (κ1) is 28.0. The van der Waals surface area contributed by atoms with Crippen molar-refractivity contribution in [1.82, 2.24) is 15.1 Å². The number of ether oxygens (including phenoxy) is 1. The average molecular weight is 495 g/mol. The summed E-state index contributed by atoms with van der Waals surface area (Å²) >= 11 is 0. The smallest absolute Gasteiger partial charge is 0.406 e. The number of hydrogen-bond acceptors (Lipinski definition) is 4. The van der Waals surface area contributed by atoms with Crippen molar-refractivity contribution in [2.45, 2.75) is 39.7 Å². The molecule has 10 heteroatoms. The van der Waals surface area contributed by atoms with E-state index in [0.29, 0.717) is 19.6 Å². The van der Waals surface area contributed by atoms with Crippen LogP contribution in [-0.4, -0.2) is 61.3 Å². The molecule has 0 aliphatic heterocycles. The number of carbonyl (C=O) groups excluding carboxylic acids is 2. The highest BCUT2D eigenvalue weighted by Crippen LogP contribution is 2.25. The van der Waals surface area contributed by atoms with E-state index in [1.165, 1.54) is 12.1 Å². The Bertz CT molecular complexity index is 959. The Hall–Kier alpha value is -3.27. The molecule has 0 spiro atoms. The molecule has 1 atom stereocenters. The minimum absolute atomic E-state index is 0.229. The van der Waals surface area contributed by atoms with Gasteiger partial charge in [0, 0.05) is 25.3 Å². The summed E-state index contributed by atoms with van der Waals surface area (Å²) in [5, 5.41) is 5.31. The van der Waals surface area contributed by atoms with E-state index >= 15 is 0 Å². The van der Waals surface area contributed by atoms with Crippen LogP contribution in [0.3, 0.4) is 0 Å². The van der Waals surface area contributed by atoms with Crippen molar-refractivity contribution in [3.05, 3.63) is 60.2 Å². The zero-order chi connectivity index (χ0) is 26.2. The highest BCUT2D eigenvalue weighted by atomic mass is 19.4. The maximum absolute atomic E-state index is 13.6. The van der Waals surface area contributed by atoms with Crippen molar-refractivity contribution in [1.29, 1.82) is 0 Å². The third kappa shape index (κ3) is 9.86. The zero-order valence-electron chi connectivity index (χ0n) is 20.6. The minimum atomic E-state index is -4.80. The number of halogens is 3. The Balaban J connectivity index is 2.14. The highest BCUT2D eigenvalue weighted by Gasteiger charge is 2.36. The van der Waals surface area contributed by atoms with Crippen molar-refractivity contribution in [2.24, 2.45) is 5.41 Å². The molecular formula is C25H33F3N4O3. The van der Waals surface area contributed by atoms with Crippen LogP contribution < -0.4 is 15.4 Å². The molecule has 35 heavy (non-hydrogen) atoms. The predicted molar refractivity (Wildman–Crippen MR) is 129 cm³/mol. The first-order valence-electron chi connectivity index (χ1n) is 11.2. The van der Waals surface area contributed by atoms with Crippen LogP contribution in [0.4, 0.5) is 23.7 Å². The minimum Gasteiger partial charge on any atom is -0.406 e. The Labute approximate surface area is 204 Å². The fraction of sp³-hybridized carbons (Fsp3) is 0.440. The summed E-state index contributed by atoms with van der Waals surface area (Å²) in [6.07, 6.45) is -4.80. The zero-order valence-corrected chi connectivity index (χ0v) is 20.6. The number of anilines is 1. The molecule has 2 aromatic carbocycles. The summed E-state index contributed by atoms with van der Waals surface area (Å²) in [5.41, 5.74) is 0.620. The summed E-state index contributed by atoms with van der Waals surface area (Å²) in [6, 6.07) is 12.9. The number of carbonyl (C=O) groups is 2. The molecule has 0 saturated heterocycles. The molecule has 0 heterocycles. The Morgan fingerprint density at radius 2 is 1.54 bits per heavy atom. The van der Waals surface area contributed by atoms with Gasteiger partial charge < -0.3 is 25.2 Å². The van der Waals surface area contributed by atoms with Gasteiger partial charge in [-0.3, -0.25) is 4.79 Å². The SMILES string of the molecule is CN(C)CCN(Cc1ccccc1)C(=O)C(NC(=O)Nc1ccc(OC(F)(F)F)cc1)C(C)(C)C. The van der Waals surface area contributed by atoms with Crippen LogP contribution >= 0.6 is 0 Å². The van der Waals surface area contributed by atoms with Gasteiger partial charge in [-0.05, 0) is 49.3 Å². The van der Waals surface area contributed by atoms with Crippen LogP contribution in [0.1, 0.15) is 26.3 Å².